The standard InChI is InChI=1S/C16H18ClN3O3.C14H12ClN3O2.C11H10ClN3O.C11H15NO3.C5H4Cl2N2/c1-10-9-18-14(17)20-13(10)22-12-7-5-6-11(8-12)19-15(21)23-16(2,3)4;1-3-12(19)17-10-5-4-6-11(7-10)20-13-9(2)8-16-14(15)18-13;1-7-6-14-11(12)15-10(7)16-9-4-2-3-8(13)5-9;1-11(2,3)15-10(14)12-8-5-4-6-9(13)7-8;1-3-2-8-5(7)9-4(3)6/h5-9H,1-4H3,(H,19,21);3-8H,1H2,2H3,(H,17,19);2-6H,13H2,1H3;4-7,13H,1-3H3,(H,12,14);2H,1H3. The summed E-state index contributed by atoms with van der Waals surface area (Å²) in [6.45, 7) is 21.4. The third-order valence-corrected chi connectivity index (χ3v) is 10.4. The molecule has 4 heterocycles. The highest BCUT2D eigenvalue weighted by atomic mass is 35.5. The van der Waals surface area contributed by atoms with Crippen LogP contribution in [-0.4, -0.2) is 74.3 Å². The summed E-state index contributed by atoms with van der Waals surface area (Å²) in [5, 5.41) is 18.0. The normalized spacial score (nSPS) is 10.4. The molecule has 0 aliphatic rings. The highest BCUT2D eigenvalue weighted by Crippen LogP contribution is 2.29. The van der Waals surface area contributed by atoms with Gasteiger partial charge in [-0.3, -0.25) is 15.4 Å². The minimum absolute atomic E-state index is 0.101. The molecule has 21 nitrogen and oxygen atoms in total. The van der Waals surface area contributed by atoms with Crippen molar-refractivity contribution in [3.05, 3.63) is 183 Å². The molecule has 83 heavy (non-hydrogen) atoms. The number of carbonyl (C=O) groups excluding carboxylic acids is 3. The summed E-state index contributed by atoms with van der Waals surface area (Å²) in [7, 11) is 0. The Balaban J connectivity index is 0.000000229. The molecule has 0 saturated carbocycles. The molecule has 3 amide bonds. The van der Waals surface area contributed by atoms with E-state index in [1.807, 2.05) is 33.8 Å². The maximum Gasteiger partial charge on any atom is 0.412 e. The van der Waals surface area contributed by atoms with E-state index in [2.05, 4.69) is 62.4 Å². The first kappa shape index (κ1) is 66.9. The van der Waals surface area contributed by atoms with Gasteiger partial charge in [0.2, 0.25) is 44.7 Å². The average molecular weight is 1230 g/mol. The highest BCUT2D eigenvalue weighted by Gasteiger charge is 2.18. The number of carbonyl (C=O) groups is 3. The van der Waals surface area contributed by atoms with E-state index in [0.29, 0.717) is 62.8 Å². The number of phenolic OH excluding ortho intramolecular Hbond substituents is 1. The largest absolute Gasteiger partial charge is 0.508 e. The molecule has 0 fully saturated rings. The minimum Gasteiger partial charge on any atom is -0.508 e. The number of aryl methyl sites for hydroxylation is 4. The highest BCUT2D eigenvalue weighted by molar-refractivity contribution is 6.32. The molecule has 8 rings (SSSR count). The number of hydrogen-bond acceptors (Lipinski definition) is 18. The number of ether oxygens (including phenoxy) is 5. The number of nitrogens with zero attached hydrogens (tertiary/aromatic N) is 8. The van der Waals surface area contributed by atoms with E-state index in [1.165, 1.54) is 18.2 Å². The lowest BCUT2D eigenvalue weighted by atomic mass is 10.2. The topological polar surface area (TPSA) is 283 Å². The van der Waals surface area contributed by atoms with Gasteiger partial charge in [0.15, 0.2) is 0 Å². The lowest BCUT2D eigenvalue weighted by Gasteiger charge is -2.19. The number of rotatable bonds is 10. The molecule has 0 aliphatic carbocycles. The molecule has 0 atom stereocenters. The Morgan fingerprint density at radius 2 is 0.855 bits per heavy atom. The number of nitrogen functional groups attached to an aromatic ring is 1. The first-order chi connectivity index (χ1) is 39.0. The van der Waals surface area contributed by atoms with Crippen molar-refractivity contribution in [3.8, 4) is 40.6 Å². The molecule has 0 unspecified atom stereocenters. The molecule has 6 N–H and O–H groups in total. The summed E-state index contributed by atoms with van der Waals surface area (Å²) in [6, 6.07) is 27.2. The van der Waals surface area contributed by atoms with Crippen molar-refractivity contribution in [3.63, 3.8) is 0 Å². The summed E-state index contributed by atoms with van der Waals surface area (Å²) in [4.78, 5) is 65.3. The third kappa shape index (κ3) is 26.2. The molecule has 26 heteroatoms. The van der Waals surface area contributed by atoms with E-state index in [-0.39, 0.29) is 32.8 Å². The van der Waals surface area contributed by atoms with Crippen molar-refractivity contribution in [2.24, 2.45) is 0 Å². The van der Waals surface area contributed by atoms with E-state index >= 15 is 0 Å². The summed E-state index contributed by atoms with van der Waals surface area (Å²) >= 11 is 28.2. The van der Waals surface area contributed by atoms with E-state index in [1.54, 1.807) is 145 Å². The molecule has 0 radical (unpaired) electrons. The van der Waals surface area contributed by atoms with Gasteiger partial charge < -0.3 is 39.8 Å². The second-order valence-electron chi connectivity index (χ2n) is 18.9. The van der Waals surface area contributed by atoms with Crippen LogP contribution in [0.2, 0.25) is 26.3 Å². The van der Waals surface area contributed by atoms with Crippen LogP contribution in [0.15, 0.2) is 135 Å². The Hall–Kier alpha value is -8.60. The fourth-order valence-electron chi connectivity index (χ4n) is 5.74. The molecule has 8 aromatic rings. The lowest BCUT2D eigenvalue weighted by molar-refractivity contribution is -0.111. The van der Waals surface area contributed by atoms with Gasteiger partial charge in [0.25, 0.3) is 0 Å². The zero-order valence-electron chi connectivity index (χ0n) is 46.6. The van der Waals surface area contributed by atoms with Crippen molar-refractivity contribution >= 4 is 98.8 Å². The first-order valence-electron chi connectivity index (χ1n) is 24.5. The van der Waals surface area contributed by atoms with Crippen LogP contribution in [0.4, 0.5) is 32.3 Å². The number of aromatic hydroxyl groups is 1. The number of hydrogen-bond donors (Lipinski definition) is 5. The Kier molecular flexibility index (Phi) is 25.9. The number of aromatic nitrogens is 8. The molecule has 4 aromatic carbocycles. The van der Waals surface area contributed by atoms with Crippen molar-refractivity contribution in [2.45, 2.75) is 80.4 Å². The number of nitrogens with two attached hydrogens (primary N) is 1. The van der Waals surface area contributed by atoms with E-state index in [9.17, 15) is 14.4 Å². The SMILES string of the molecule is C=CC(=O)Nc1cccc(Oc2nc(Cl)ncc2C)c1.CC(C)(C)OC(=O)Nc1cccc(O)c1.Cc1cnc(Cl)nc1Cl.Cc1cnc(Cl)nc1Oc1cccc(N)c1.Cc1cnc(Cl)nc1Oc1cccc(NC(=O)OC(C)(C)C)c1. The number of anilines is 4. The molecular formula is C57H59Cl5N12O9. The zero-order valence-corrected chi connectivity index (χ0v) is 50.4. The van der Waals surface area contributed by atoms with Gasteiger partial charge in [-0.2, -0.15) is 15.0 Å². The fraction of sp³-hybridized carbons (Fsp3) is 0.211. The fourth-order valence-corrected chi connectivity index (χ4v) is 6.42. The van der Waals surface area contributed by atoms with E-state index in [0.717, 1.165) is 22.3 Å². The Morgan fingerprint density at radius 3 is 1.22 bits per heavy atom. The van der Waals surface area contributed by atoms with Crippen LogP contribution in [-0.2, 0) is 14.3 Å². The van der Waals surface area contributed by atoms with Gasteiger partial charge in [0.05, 0.1) is 0 Å². The van der Waals surface area contributed by atoms with Crippen LogP contribution < -0.4 is 35.9 Å². The van der Waals surface area contributed by atoms with Gasteiger partial charge >= 0.3 is 12.2 Å². The first-order valence-corrected chi connectivity index (χ1v) is 26.4. The monoisotopic (exact) mass is 1230 g/mol. The van der Waals surface area contributed by atoms with Crippen molar-refractivity contribution in [1.29, 1.82) is 0 Å². The molecule has 436 valence electrons. The maximum absolute atomic E-state index is 11.8. The van der Waals surface area contributed by atoms with Crippen LogP contribution in [0.3, 0.4) is 0 Å². The lowest BCUT2D eigenvalue weighted by Crippen LogP contribution is -2.27. The van der Waals surface area contributed by atoms with Crippen LogP contribution >= 0.6 is 58.0 Å². The molecule has 0 saturated heterocycles. The smallest absolute Gasteiger partial charge is 0.412 e. The van der Waals surface area contributed by atoms with Gasteiger partial charge in [-0.05, 0) is 170 Å². The Bertz CT molecular complexity index is 3500. The molecule has 0 spiro atoms. The summed E-state index contributed by atoms with van der Waals surface area (Å²) in [6.07, 6.45) is 6.47. The molecule has 0 aliphatic heterocycles. The van der Waals surface area contributed by atoms with Gasteiger partial charge in [0, 0.05) is 94.1 Å². The van der Waals surface area contributed by atoms with Gasteiger partial charge in [0.1, 0.15) is 39.4 Å². The number of nitrogens with one attached hydrogen (secondary N) is 3. The molecule has 4 aromatic heterocycles. The van der Waals surface area contributed by atoms with Crippen LogP contribution in [0.5, 0.6) is 40.6 Å². The zero-order chi connectivity index (χ0) is 61.4. The van der Waals surface area contributed by atoms with E-state index in [4.69, 9.17) is 92.5 Å². The Labute approximate surface area is 504 Å². The second kappa shape index (κ2) is 32.1. The predicted octanol–water partition coefficient (Wildman–Crippen LogP) is 15.6. The minimum atomic E-state index is -0.562. The van der Waals surface area contributed by atoms with Crippen LogP contribution in [0, 0.1) is 27.7 Å². The van der Waals surface area contributed by atoms with Crippen molar-refractivity contribution in [1.82, 2.24) is 39.9 Å². The number of halogens is 5. The van der Waals surface area contributed by atoms with E-state index < -0.39 is 23.4 Å². The van der Waals surface area contributed by atoms with Crippen LogP contribution in [0.25, 0.3) is 0 Å². The maximum atomic E-state index is 11.8. The predicted molar refractivity (Wildman–Crippen MR) is 323 cm³/mol. The summed E-state index contributed by atoms with van der Waals surface area (Å²) in [5.74, 6) is 2.65. The average Bonchev–Trinajstić information content (AvgIpc) is 3.53. The summed E-state index contributed by atoms with van der Waals surface area (Å²) < 4.78 is 27.1. The number of amides is 3. The Morgan fingerprint density at radius 1 is 0.506 bits per heavy atom. The second-order valence-corrected chi connectivity index (χ2v) is 20.6. The molecular weight excluding hydrogens is 1170 g/mol. The number of phenols is 1. The number of benzene rings is 4. The van der Waals surface area contributed by atoms with Gasteiger partial charge in [-0.15, -0.1) is 0 Å². The molecule has 0 bridgehead atoms. The van der Waals surface area contributed by atoms with Gasteiger partial charge in [-0.25, -0.2) is 34.5 Å². The van der Waals surface area contributed by atoms with Crippen LogP contribution in [0.1, 0.15) is 63.8 Å². The summed E-state index contributed by atoms with van der Waals surface area (Å²) in [5.41, 5.74) is 10.00. The third-order valence-electron chi connectivity index (χ3n) is 9.33. The van der Waals surface area contributed by atoms with Gasteiger partial charge in [-0.1, -0.05) is 42.4 Å². The van der Waals surface area contributed by atoms with Crippen molar-refractivity contribution < 1.29 is 43.2 Å². The quantitative estimate of drug-likeness (QED) is 0.0368. The van der Waals surface area contributed by atoms with Crippen molar-refractivity contribution in [2.75, 3.05) is 21.7 Å².